The van der Waals surface area contributed by atoms with Gasteiger partial charge in [0.2, 0.25) is 0 Å². The molecule has 0 aliphatic heterocycles. The lowest BCUT2D eigenvalue weighted by molar-refractivity contribution is 0.482. The van der Waals surface area contributed by atoms with Gasteiger partial charge in [-0.1, -0.05) is 23.7 Å². The van der Waals surface area contributed by atoms with Crippen LogP contribution >= 0.6 is 11.6 Å². The number of fused-ring (bicyclic) bond motifs is 1. The predicted octanol–water partition coefficient (Wildman–Crippen LogP) is 2.98. The third kappa shape index (κ3) is 2.08. The number of phenolic OH excluding ortho intramolecular Hbond substituents is 1. The lowest BCUT2D eigenvalue weighted by Gasteiger charge is -2.09. The molecule has 1 aromatic heterocycles. The monoisotopic (exact) mass is 302 g/mol. The predicted molar refractivity (Wildman–Crippen MR) is 83.4 cm³/mol. The Morgan fingerprint density at radius 3 is 2.52 bits per heavy atom. The first-order valence-electron chi connectivity index (χ1n) is 6.08. The molecule has 0 fully saturated rings. The molecule has 0 aliphatic rings. The summed E-state index contributed by atoms with van der Waals surface area (Å²) in [7, 11) is 0. The van der Waals surface area contributed by atoms with E-state index in [2.05, 4.69) is 0 Å². The summed E-state index contributed by atoms with van der Waals surface area (Å²) in [5.74, 6) is -0.0624. The Morgan fingerprint density at radius 2 is 1.81 bits per heavy atom. The molecule has 0 aliphatic carbocycles. The van der Waals surface area contributed by atoms with E-state index >= 15 is 0 Å². The Hall–Kier alpha value is -2.66. The van der Waals surface area contributed by atoms with Gasteiger partial charge in [-0.25, -0.2) is 0 Å². The van der Waals surface area contributed by atoms with Crippen LogP contribution in [-0.2, 0) is 0 Å². The molecule has 0 atom stereocenters. The molecule has 3 rings (SSSR count). The second-order valence-electron chi connectivity index (χ2n) is 4.56. The molecule has 5 nitrogen and oxygen atoms in total. The number of rotatable bonds is 1. The van der Waals surface area contributed by atoms with Crippen LogP contribution < -0.4 is 16.9 Å². The van der Waals surface area contributed by atoms with Crippen LogP contribution in [0.2, 0.25) is 5.02 Å². The van der Waals surface area contributed by atoms with Crippen LogP contribution in [0.25, 0.3) is 22.3 Å². The summed E-state index contributed by atoms with van der Waals surface area (Å²) in [4.78, 5) is 12.2. The van der Waals surface area contributed by atoms with E-state index in [0.717, 1.165) is 0 Å². The van der Waals surface area contributed by atoms with Gasteiger partial charge in [0.25, 0.3) is 0 Å². The third-order valence-electron chi connectivity index (χ3n) is 3.17. The second kappa shape index (κ2) is 4.71. The first kappa shape index (κ1) is 13.3. The van der Waals surface area contributed by atoms with Gasteiger partial charge in [-0.15, -0.1) is 0 Å². The highest BCUT2D eigenvalue weighted by molar-refractivity contribution is 6.33. The van der Waals surface area contributed by atoms with Gasteiger partial charge in [-0.2, -0.15) is 0 Å². The standard InChI is InChI=1S/C15H11ClN2O3/c16-8-4-2-1-3-7(8)12-6-11(19)13-14(20)9(17)5-10(18)15(13)21-12/h1-6,20H,17-18H2. The van der Waals surface area contributed by atoms with Gasteiger partial charge in [0.15, 0.2) is 16.8 Å². The zero-order valence-corrected chi connectivity index (χ0v) is 11.5. The van der Waals surface area contributed by atoms with Gasteiger partial charge in [-0.05, 0) is 18.2 Å². The molecule has 3 aromatic rings. The molecular formula is C15H11ClN2O3. The summed E-state index contributed by atoms with van der Waals surface area (Å²) in [5.41, 5.74) is 11.8. The number of phenols is 1. The van der Waals surface area contributed by atoms with Crippen molar-refractivity contribution in [3.05, 3.63) is 51.6 Å². The number of nitrogens with two attached hydrogens (primary N) is 2. The van der Waals surface area contributed by atoms with Crippen molar-refractivity contribution in [2.75, 3.05) is 11.5 Å². The van der Waals surface area contributed by atoms with Crippen molar-refractivity contribution in [1.82, 2.24) is 0 Å². The van der Waals surface area contributed by atoms with Crippen LogP contribution in [0.1, 0.15) is 0 Å². The van der Waals surface area contributed by atoms with Crippen molar-refractivity contribution in [2.45, 2.75) is 0 Å². The number of anilines is 2. The van der Waals surface area contributed by atoms with Crippen molar-refractivity contribution in [3.63, 3.8) is 0 Å². The number of benzene rings is 2. The maximum atomic E-state index is 12.2. The number of hydrogen-bond donors (Lipinski definition) is 3. The van der Waals surface area contributed by atoms with Crippen LogP contribution in [-0.4, -0.2) is 5.11 Å². The van der Waals surface area contributed by atoms with E-state index in [9.17, 15) is 9.90 Å². The summed E-state index contributed by atoms with van der Waals surface area (Å²) >= 11 is 6.10. The van der Waals surface area contributed by atoms with Crippen LogP contribution in [0.3, 0.4) is 0 Å². The minimum absolute atomic E-state index is 0.0257. The largest absolute Gasteiger partial charge is 0.505 e. The Labute approximate surface area is 124 Å². The molecule has 0 bridgehead atoms. The molecule has 0 unspecified atom stereocenters. The van der Waals surface area contributed by atoms with Crippen LogP contribution in [0, 0.1) is 0 Å². The zero-order chi connectivity index (χ0) is 15.1. The molecule has 5 N–H and O–H groups in total. The van der Waals surface area contributed by atoms with Crippen LogP contribution in [0.4, 0.5) is 11.4 Å². The molecule has 2 aromatic carbocycles. The number of aromatic hydroxyl groups is 1. The first-order valence-corrected chi connectivity index (χ1v) is 6.46. The Morgan fingerprint density at radius 1 is 1.10 bits per heavy atom. The van der Waals surface area contributed by atoms with E-state index in [4.69, 9.17) is 27.5 Å². The summed E-state index contributed by atoms with van der Waals surface area (Å²) in [6, 6.07) is 9.55. The average molecular weight is 303 g/mol. The van der Waals surface area contributed by atoms with Crippen LogP contribution in [0.5, 0.6) is 5.75 Å². The lowest BCUT2D eigenvalue weighted by atomic mass is 10.1. The minimum atomic E-state index is -0.442. The number of halogens is 1. The fourth-order valence-electron chi connectivity index (χ4n) is 2.16. The van der Waals surface area contributed by atoms with Crippen molar-refractivity contribution in [3.8, 4) is 17.1 Å². The van der Waals surface area contributed by atoms with E-state index in [1.54, 1.807) is 24.3 Å². The van der Waals surface area contributed by atoms with Crippen molar-refractivity contribution >= 4 is 33.9 Å². The molecule has 0 radical (unpaired) electrons. The van der Waals surface area contributed by atoms with Crippen molar-refractivity contribution < 1.29 is 9.52 Å². The Balaban J connectivity index is 2.40. The minimum Gasteiger partial charge on any atom is -0.505 e. The van der Waals surface area contributed by atoms with Crippen molar-refractivity contribution in [1.29, 1.82) is 0 Å². The normalized spacial score (nSPS) is 10.9. The fourth-order valence-corrected chi connectivity index (χ4v) is 2.39. The fraction of sp³-hybridized carbons (Fsp3) is 0. The topological polar surface area (TPSA) is 102 Å². The molecule has 1 heterocycles. The van der Waals surface area contributed by atoms with E-state index in [1.165, 1.54) is 12.1 Å². The smallest absolute Gasteiger partial charge is 0.197 e. The van der Waals surface area contributed by atoms with Gasteiger partial charge >= 0.3 is 0 Å². The zero-order valence-electron chi connectivity index (χ0n) is 10.8. The van der Waals surface area contributed by atoms with E-state index in [0.29, 0.717) is 10.6 Å². The molecule has 0 amide bonds. The summed E-state index contributed by atoms with van der Waals surface area (Å²) in [5, 5.41) is 10.3. The molecule has 0 saturated carbocycles. The maximum absolute atomic E-state index is 12.2. The second-order valence-corrected chi connectivity index (χ2v) is 4.97. The first-order chi connectivity index (χ1) is 9.99. The van der Waals surface area contributed by atoms with Gasteiger partial charge in [0.05, 0.1) is 16.4 Å². The van der Waals surface area contributed by atoms with Gasteiger partial charge in [-0.3, -0.25) is 4.79 Å². The molecule has 21 heavy (non-hydrogen) atoms. The molecular weight excluding hydrogens is 292 g/mol. The van der Waals surface area contributed by atoms with Crippen LogP contribution in [0.15, 0.2) is 45.6 Å². The van der Waals surface area contributed by atoms with E-state index in [-0.39, 0.29) is 33.9 Å². The lowest BCUT2D eigenvalue weighted by Crippen LogP contribution is -2.04. The third-order valence-corrected chi connectivity index (χ3v) is 3.50. The molecule has 106 valence electrons. The molecule has 6 heteroatoms. The van der Waals surface area contributed by atoms with Gasteiger partial charge in [0, 0.05) is 11.6 Å². The Bertz CT molecular complexity index is 919. The molecule has 0 spiro atoms. The highest BCUT2D eigenvalue weighted by Crippen LogP contribution is 2.36. The maximum Gasteiger partial charge on any atom is 0.197 e. The summed E-state index contributed by atoms with van der Waals surface area (Å²) in [6.07, 6.45) is 0. The summed E-state index contributed by atoms with van der Waals surface area (Å²) in [6.45, 7) is 0. The highest BCUT2D eigenvalue weighted by atomic mass is 35.5. The number of hydrogen-bond acceptors (Lipinski definition) is 5. The SMILES string of the molecule is Nc1cc(N)c2oc(-c3ccccc3Cl)cc(=O)c2c1O. The van der Waals surface area contributed by atoms with Gasteiger partial charge < -0.3 is 21.0 Å². The highest BCUT2D eigenvalue weighted by Gasteiger charge is 2.16. The van der Waals surface area contributed by atoms with Gasteiger partial charge in [0.1, 0.15) is 11.1 Å². The quantitative estimate of drug-likeness (QED) is 0.364. The molecule has 0 saturated heterocycles. The van der Waals surface area contributed by atoms with Crippen molar-refractivity contribution in [2.24, 2.45) is 0 Å². The van der Waals surface area contributed by atoms with E-state index < -0.39 is 5.43 Å². The summed E-state index contributed by atoms with van der Waals surface area (Å²) < 4.78 is 5.65. The number of nitrogen functional groups attached to an aromatic ring is 2. The Kier molecular flexibility index (Phi) is 2.99. The van der Waals surface area contributed by atoms with E-state index in [1.807, 2.05) is 0 Å². The average Bonchev–Trinajstić information content (AvgIpc) is 2.44.